The van der Waals surface area contributed by atoms with Gasteiger partial charge in [0.2, 0.25) is 5.91 Å². The molecule has 0 N–H and O–H groups in total. The molecule has 140 valence electrons. The minimum absolute atomic E-state index is 0.0413. The highest BCUT2D eigenvalue weighted by Crippen LogP contribution is 2.22. The molecule has 2 aromatic heterocycles. The maximum atomic E-state index is 12.8. The molecule has 0 radical (unpaired) electrons. The maximum absolute atomic E-state index is 12.8. The fraction of sp³-hybridized carbons (Fsp3) is 0.150. The molecule has 0 unspecified atom stereocenters. The number of hydrogen-bond acceptors (Lipinski definition) is 4. The topological polar surface area (TPSA) is 29.5 Å². The van der Waals surface area contributed by atoms with Crippen molar-refractivity contribution in [2.75, 3.05) is 0 Å². The predicted molar refractivity (Wildman–Crippen MR) is 105 cm³/mol. The number of carbonyl (C=O) groups excluding carboxylic acids is 1. The molecule has 3 aromatic rings. The first-order chi connectivity index (χ1) is 13.1. The van der Waals surface area contributed by atoms with E-state index in [9.17, 15) is 13.6 Å². The van der Waals surface area contributed by atoms with E-state index >= 15 is 0 Å². The van der Waals surface area contributed by atoms with Crippen LogP contribution in [0.15, 0.2) is 65.4 Å². The summed E-state index contributed by atoms with van der Waals surface area (Å²) in [6, 6.07) is 14.2. The zero-order chi connectivity index (χ0) is 19.1. The summed E-state index contributed by atoms with van der Waals surface area (Å²) < 4.78 is 29.6. The van der Waals surface area contributed by atoms with Gasteiger partial charge in [0.05, 0.1) is 13.1 Å². The molecule has 0 bridgehead atoms. The minimum Gasteiger partial charge on any atom is -0.434 e. The summed E-state index contributed by atoms with van der Waals surface area (Å²) in [5.74, 6) is -0.150. The summed E-state index contributed by atoms with van der Waals surface area (Å²) in [6.07, 6.45) is 2.91. The first kappa shape index (κ1) is 19.3. The third-order valence-electron chi connectivity index (χ3n) is 3.71. The molecule has 1 aromatic carbocycles. The van der Waals surface area contributed by atoms with E-state index in [1.54, 1.807) is 45.8 Å². The third-order valence-corrected chi connectivity index (χ3v) is 5.43. The average molecular weight is 405 g/mol. The van der Waals surface area contributed by atoms with Crippen LogP contribution < -0.4 is 4.74 Å². The van der Waals surface area contributed by atoms with E-state index in [2.05, 4.69) is 4.74 Å². The van der Waals surface area contributed by atoms with Gasteiger partial charge in [0.25, 0.3) is 0 Å². The van der Waals surface area contributed by atoms with E-state index in [0.717, 1.165) is 9.75 Å². The van der Waals surface area contributed by atoms with Crippen LogP contribution in [-0.4, -0.2) is 17.4 Å². The molecule has 3 nitrogen and oxygen atoms in total. The lowest BCUT2D eigenvalue weighted by Gasteiger charge is -2.20. The molecule has 27 heavy (non-hydrogen) atoms. The van der Waals surface area contributed by atoms with Crippen LogP contribution in [-0.2, 0) is 17.9 Å². The summed E-state index contributed by atoms with van der Waals surface area (Å²) in [5.41, 5.74) is 0.429. The molecule has 2 heterocycles. The number of nitrogens with zero attached hydrogens (tertiary/aromatic N) is 1. The zero-order valence-corrected chi connectivity index (χ0v) is 15.9. The Morgan fingerprint density at radius 3 is 2.19 bits per heavy atom. The van der Waals surface area contributed by atoms with Crippen LogP contribution in [0, 0.1) is 0 Å². The van der Waals surface area contributed by atoms with Crippen LogP contribution >= 0.6 is 22.7 Å². The van der Waals surface area contributed by atoms with Crippen molar-refractivity contribution in [3.8, 4) is 5.75 Å². The molecule has 0 aliphatic heterocycles. The molecule has 0 fully saturated rings. The van der Waals surface area contributed by atoms with Gasteiger partial charge < -0.3 is 9.64 Å². The predicted octanol–water partition coefficient (Wildman–Crippen LogP) is 5.65. The fourth-order valence-corrected chi connectivity index (χ4v) is 3.92. The van der Waals surface area contributed by atoms with Crippen LogP contribution in [0.5, 0.6) is 5.75 Å². The number of hydrogen-bond donors (Lipinski definition) is 0. The van der Waals surface area contributed by atoms with Crippen molar-refractivity contribution in [1.82, 2.24) is 4.90 Å². The van der Waals surface area contributed by atoms with Gasteiger partial charge in [0.15, 0.2) is 0 Å². The molecule has 0 aliphatic rings. The molecular weight excluding hydrogens is 388 g/mol. The van der Waals surface area contributed by atoms with Crippen molar-refractivity contribution < 1.29 is 18.3 Å². The molecule has 1 amide bonds. The van der Waals surface area contributed by atoms with Gasteiger partial charge in [-0.3, -0.25) is 4.79 Å². The molecule has 0 saturated heterocycles. The molecule has 7 heteroatoms. The average Bonchev–Trinajstić information content (AvgIpc) is 3.34. The maximum Gasteiger partial charge on any atom is 0.387 e. The Hall–Kier alpha value is -2.51. The smallest absolute Gasteiger partial charge is 0.387 e. The Kier molecular flexibility index (Phi) is 6.73. The molecule has 0 saturated carbocycles. The van der Waals surface area contributed by atoms with Gasteiger partial charge >= 0.3 is 6.61 Å². The molecule has 3 rings (SSSR count). The van der Waals surface area contributed by atoms with Gasteiger partial charge in [-0.2, -0.15) is 8.78 Å². The van der Waals surface area contributed by atoms with Gasteiger partial charge in [0.1, 0.15) is 5.75 Å². The van der Waals surface area contributed by atoms with Crippen molar-refractivity contribution >= 4 is 34.7 Å². The zero-order valence-electron chi connectivity index (χ0n) is 14.3. The monoisotopic (exact) mass is 405 g/mol. The SMILES string of the molecule is O=C(/C=C/c1ccccc1OC(F)F)N(Cc1cccs1)Cc1cccs1. The lowest BCUT2D eigenvalue weighted by Crippen LogP contribution is -2.27. The standard InChI is InChI=1S/C20H17F2NO2S2/c21-20(22)25-18-8-2-1-5-15(18)9-10-19(24)23(13-16-6-3-11-26-16)14-17-7-4-12-27-17/h1-12,20H,13-14H2/b10-9+. The number of carbonyl (C=O) groups is 1. The Morgan fingerprint density at radius 2 is 1.63 bits per heavy atom. The number of ether oxygens (including phenoxy) is 1. The summed E-state index contributed by atoms with van der Waals surface area (Å²) in [5, 5.41) is 3.94. The first-order valence-corrected chi connectivity index (χ1v) is 9.93. The summed E-state index contributed by atoms with van der Waals surface area (Å²) >= 11 is 3.17. The lowest BCUT2D eigenvalue weighted by molar-refractivity contribution is -0.127. The second-order valence-corrected chi connectivity index (χ2v) is 7.67. The van der Waals surface area contributed by atoms with Gasteiger partial charge in [-0.25, -0.2) is 0 Å². The highest BCUT2D eigenvalue weighted by atomic mass is 32.1. The van der Waals surface area contributed by atoms with Crippen LogP contribution in [0.4, 0.5) is 8.78 Å². The normalized spacial score (nSPS) is 11.2. The number of rotatable bonds is 8. The number of thiophene rings is 2. The fourth-order valence-electron chi connectivity index (χ4n) is 2.48. The van der Waals surface area contributed by atoms with E-state index in [1.165, 1.54) is 18.2 Å². The van der Waals surface area contributed by atoms with E-state index in [1.807, 2.05) is 35.0 Å². The van der Waals surface area contributed by atoms with Crippen molar-refractivity contribution in [2.24, 2.45) is 0 Å². The molecular formula is C20H17F2NO2S2. The second kappa shape index (κ2) is 9.43. The number of benzene rings is 1. The highest BCUT2D eigenvalue weighted by molar-refractivity contribution is 7.10. The van der Waals surface area contributed by atoms with Crippen molar-refractivity contribution in [3.63, 3.8) is 0 Å². The van der Waals surface area contributed by atoms with E-state index in [0.29, 0.717) is 18.7 Å². The lowest BCUT2D eigenvalue weighted by atomic mass is 10.2. The minimum atomic E-state index is -2.91. The second-order valence-electron chi connectivity index (χ2n) is 5.60. The number of alkyl halides is 2. The van der Waals surface area contributed by atoms with Crippen LogP contribution in [0.1, 0.15) is 15.3 Å². The molecule has 0 aliphatic carbocycles. The van der Waals surface area contributed by atoms with Gasteiger partial charge in [0, 0.05) is 21.4 Å². The summed E-state index contributed by atoms with van der Waals surface area (Å²) in [7, 11) is 0. The quantitative estimate of drug-likeness (QED) is 0.453. The van der Waals surface area contributed by atoms with E-state index < -0.39 is 6.61 Å². The van der Waals surface area contributed by atoms with Crippen molar-refractivity contribution in [3.05, 3.63) is 80.7 Å². The number of amides is 1. The summed E-state index contributed by atoms with van der Waals surface area (Å²) in [6.45, 7) is -1.92. The largest absolute Gasteiger partial charge is 0.434 e. The van der Waals surface area contributed by atoms with Crippen LogP contribution in [0.3, 0.4) is 0 Å². The van der Waals surface area contributed by atoms with E-state index in [-0.39, 0.29) is 11.7 Å². The Morgan fingerprint density at radius 1 is 1.00 bits per heavy atom. The van der Waals surface area contributed by atoms with Gasteiger partial charge in [-0.1, -0.05) is 30.3 Å². The Balaban J connectivity index is 1.76. The number of halogens is 2. The van der Waals surface area contributed by atoms with Crippen LogP contribution in [0.25, 0.3) is 6.08 Å². The Bertz CT molecular complexity index is 841. The third kappa shape index (κ3) is 5.74. The highest BCUT2D eigenvalue weighted by Gasteiger charge is 2.14. The molecule has 0 spiro atoms. The summed E-state index contributed by atoms with van der Waals surface area (Å²) in [4.78, 5) is 16.6. The Labute approximate surface area is 164 Å². The first-order valence-electron chi connectivity index (χ1n) is 8.17. The van der Waals surface area contributed by atoms with Gasteiger partial charge in [-0.15, -0.1) is 22.7 Å². The van der Waals surface area contributed by atoms with Crippen LogP contribution in [0.2, 0.25) is 0 Å². The number of para-hydroxylation sites is 1. The van der Waals surface area contributed by atoms with Gasteiger partial charge in [-0.05, 0) is 35.0 Å². The van der Waals surface area contributed by atoms with E-state index in [4.69, 9.17) is 0 Å². The van der Waals surface area contributed by atoms with Crippen molar-refractivity contribution in [1.29, 1.82) is 0 Å². The van der Waals surface area contributed by atoms with Crippen molar-refractivity contribution in [2.45, 2.75) is 19.7 Å². The molecule has 0 atom stereocenters.